The average molecular weight is 262 g/mol. The van der Waals surface area contributed by atoms with Crippen LogP contribution in [-0.2, 0) is 0 Å². The minimum Gasteiger partial charge on any atom is -0.310 e. The Morgan fingerprint density at radius 3 is 2.74 bits per heavy atom. The molecule has 1 N–H and O–H groups in total. The highest BCUT2D eigenvalue weighted by Crippen LogP contribution is 2.26. The first kappa shape index (κ1) is 14.0. The lowest BCUT2D eigenvalue weighted by Crippen LogP contribution is -2.24. The molecule has 1 fully saturated rings. The molecule has 1 aromatic rings. The monoisotopic (exact) mass is 262 g/mol. The number of aryl methyl sites for hydroxylation is 1. The first-order chi connectivity index (χ1) is 9.08. The summed E-state index contributed by atoms with van der Waals surface area (Å²) in [4.78, 5) is 10.6. The molecule has 0 amide bonds. The second-order valence-corrected chi connectivity index (χ2v) is 5.58. The molecule has 1 aliphatic carbocycles. The lowest BCUT2D eigenvalue weighted by molar-refractivity contribution is -0.385. The van der Waals surface area contributed by atoms with Gasteiger partial charge in [-0.25, -0.2) is 0 Å². The molecule has 1 aliphatic rings. The Morgan fingerprint density at radius 1 is 1.42 bits per heavy atom. The highest BCUT2D eigenvalue weighted by atomic mass is 16.6. The molecule has 1 atom stereocenters. The predicted molar refractivity (Wildman–Crippen MR) is 76.2 cm³/mol. The Hall–Kier alpha value is -1.42. The zero-order valence-electron chi connectivity index (χ0n) is 11.7. The van der Waals surface area contributed by atoms with Crippen molar-refractivity contribution in [2.45, 2.75) is 45.6 Å². The Bertz CT molecular complexity index is 453. The number of hydrogen-bond donors (Lipinski definition) is 1. The van der Waals surface area contributed by atoms with Crippen LogP contribution in [0.4, 0.5) is 5.69 Å². The van der Waals surface area contributed by atoms with E-state index in [4.69, 9.17) is 0 Å². The van der Waals surface area contributed by atoms with Crippen LogP contribution in [0.25, 0.3) is 0 Å². The summed E-state index contributed by atoms with van der Waals surface area (Å²) in [6, 6.07) is 5.68. The summed E-state index contributed by atoms with van der Waals surface area (Å²) in [6.45, 7) is 4.87. The van der Waals surface area contributed by atoms with E-state index in [1.165, 1.54) is 25.7 Å². The molecule has 0 saturated heterocycles. The summed E-state index contributed by atoms with van der Waals surface area (Å²) in [5.41, 5.74) is 1.93. The summed E-state index contributed by atoms with van der Waals surface area (Å²) in [6.07, 6.45) is 5.31. The molecule has 0 bridgehead atoms. The lowest BCUT2D eigenvalue weighted by Gasteiger charge is -2.17. The molecule has 2 rings (SSSR count). The fourth-order valence-electron chi connectivity index (χ4n) is 2.77. The molecule has 4 nitrogen and oxygen atoms in total. The van der Waals surface area contributed by atoms with Crippen LogP contribution in [-0.4, -0.2) is 11.5 Å². The van der Waals surface area contributed by atoms with Crippen molar-refractivity contribution in [3.8, 4) is 0 Å². The Labute approximate surface area is 114 Å². The number of nitro benzene ring substituents is 1. The number of nitrogens with zero attached hydrogens (tertiary/aromatic N) is 1. The van der Waals surface area contributed by atoms with E-state index in [0.29, 0.717) is 0 Å². The van der Waals surface area contributed by atoms with Crippen molar-refractivity contribution in [3.05, 3.63) is 39.4 Å². The minimum atomic E-state index is -0.303. The summed E-state index contributed by atoms with van der Waals surface area (Å²) in [5, 5.41) is 14.5. The third kappa shape index (κ3) is 3.53. The molecule has 1 saturated carbocycles. The largest absolute Gasteiger partial charge is 0.310 e. The smallest absolute Gasteiger partial charge is 0.272 e. The first-order valence-corrected chi connectivity index (χ1v) is 7.06. The van der Waals surface area contributed by atoms with Crippen LogP contribution in [0.2, 0.25) is 0 Å². The molecule has 104 valence electrons. The van der Waals surface area contributed by atoms with Gasteiger partial charge in [0.15, 0.2) is 0 Å². The van der Waals surface area contributed by atoms with Crippen LogP contribution in [0.1, 0.15) is 49.8 Å². The summed E-state index contributed by atoms with van der Waals surface area (Å²) >= 11 is 0. The fraction of sp³-hybridized carbons (Fsp3) is 0.600. The van der Waals surface area contributed by atoms with Gasteiger partial charge in [0.05, 0.1) is 4.92 Å². The quantitative estimate of drug-likeness (QED) is 0.649. The minimum absolute atomic E-state index is 0.167. The Kier molecular flexibility index (Phi) is 4.53. The maximum Gasteiger partial charge on any atom is 0.272 e. The highest BCUT2D eigenvalue weighted by Gasteiger charge is 2.17. The molecule has 4 heteroatoms. The zero-order chi connectivity index (χ0) is 13.8. The molecular weight excluding hydrogens is 240 g/mol. The van der Waals surface area contributed by atoms with Gasteiger partial charge in [0.25, 0.3) is 5.69 Å². The van der Waals surface area contributed by atoms with Gasteiger partial charge in [-0.3, -0.25) is 10.1 Å². The zero-order valence-corrected chi connectivity index (χ0v) is 11.7. The number of hydrogen-bond acceptors (Lipinski definition) is 3. The SMILES string of the molecule is Cc1ccc(C(C)NCC2CCCC2)cc1[N+](=O)[O-]. The Balaban J connectivity index is 1.99. The van der Waals surface area contributed by atoms with Crippen LogP contribution < -0.4 is 5.32 Å². The summed E-state index contributed by atoms with van der Waals surface area (Å²) in [7, 11) is 0. The van der Waals surface area contributed by atoms with Gasteiger partial charge in [-0.05, 0) is 44.7 Å². The molecule has 0 radical (unpaired) electrons. The van der Waals surface area contributed by atoms with Crippen molar-refractivity contribution >= 4 is 5.69 Å². The van der Waals surface area contributed by atoms with Crippen molar-refractivity contribution in [1.82, 2.24) is 5.32 Å². The van der Waals surface area contributed by atoms with Crippen molar-refractivity contribution < 1.29 is 4.92 Å². The molecule has 19 heavy (non-hydrogen) atoms. The molecule has 1 aromatic carbocycles. The van der Waals surface area contributed by atoms with E-state index in [-0.39, 0.29) is 16.7 Å². The van der Waals surface area contributed by atoms with Gasteiger partial charge >= 0.3 is 0 Å². The van der Waals surface area contributed by atoms with Crippen LogP contribution in [0.3, 0.4) is 0 Å². The third-order valence-electron chi connectivity index (χ3n) is 4.12. The Morgan fingerprint density at radius 2 is 2.11 bits per heavy atom. The van der Waals surface area contributed by atoms with Crippen LogP contribution in [0.15, 0.2) is 18.2 Å². The molecule has 0 aromatic heterocycles. The number of rotatable bonds is 5. The first-order valence-electron chi connectivity index (χ1n) is 7.06. The molecule has 0 aliphatic heterocycles. The van der Waals surface area contributed by atoms with E-state index < -0.39 is 0 Å². The maximum atomic E-state index is 10.9. The van der Waals surface area contributed by atoms with Gasteiger partial charge in [-0.1, -0.05) is 25.0 Å². The second kappa shape index (κ2) is 6.15. The van der Waals surface area contributed by atoms with Crippen LogP contribution in [0.5, 0.6) is 0 Å². The highest BCUT2D eigenvalue weighted by molar-refractivity contribution is 5.43. The van der Waals surface area contributed by atoms with E-state index in [0.717, 1.165) is 23.6 Å². The third-order valence-corrected chi connectivity index (χ3v) is 4.12. The molecule has 0 heterocycles. The van der Waals surface area contributed by atoms with Gasteiger partial charge in [0.1, 0.15) is 0 Å². The lowest BCUT2D eigenvalue weighted by atomic mass is 10.0. The van der Waals surface area contributed by atoms with Crippen molar-refractivity contribution in [2.75, 3.05) is 6.54 Å². The van der Waals surface area contributed by atoms with Crippen molar-refractivity contribution in [2.24, 2.45) is 5.92 Å². The topological polar surface area (TPSA) is 55.2 Å². The number of nitro groups is 1. The van der Waals surface area contributed by atoms with Crippen molar-refractivity contribution in [3.63, 3.8) is 0 Å². The van der Waals surface area contributed by atoms with E-state index in [1.807, 2.05) is 12.1 Å². The van der Waals surface area contributed by atoms with Gasteiger partial charge in [-0.15, -0.1) is 0 Å². The van der Waals surface area contributed by atoms with Gasteiger partial charge < -0.3 is 5.32 Å². The van der Waals surface area contributed by atoms with Crippen molar-refractivity contribution in [1.29, 1.82) is 0 Å². The van der Waals surface area contributed by atoms with Crippen LogP contribution >= 0.6 is 0 Å². The second-order valence-electron chi connectivity index (χ2n) is 5.58. The fourth-order valence-corrected chi connectivity index (χ4v) is 2.77. The van der Waals surface area contributed by atoms with Crippen LogP contribution in [0, 0.1) is 23.0 Å². The van der Waals surface area contributed by atoms with E-state index in [1.54, 1.807) is 13.0 Å². The van der Waals surface area contributed by atoms with Gasteiger partial charge in [0.2, 0.25) is 0 Å². The van der Waals surface area contributed by atoms with E-state index in [9.17, 15) is 10.1 Å². The van der Waals surface area contributed by atoms with Gasteiger partial charge in [-0.2, -0.15) is 0 Å². The summed E-state index contributed by atoms with van der Waals surface area (Å²) in [5.74, 6) is 0.780. The number of nitrogens with one attached hydrogen (secondary N) is 1. The average Bonchev–Trinajstić information content (AvgIpc) is 2.89. The maximum absolute atomic E-state index is 10.9. The normalized spacial score (nSPS) is 17.6. The number of benzene rings is 1. The molecule has 1 unspecified atom stereocenters. The van der Waals surface area contributed by atoms with E-state index in [2.05, 4.69) is 12.2 Å². The predicted octanol–water partition coefficient (Wildman–Crippen LogP) is 3.74. The van der Waals surface area contributed by atoms with Gasteiger partial charge in [0, 0.05) is 17.7 Å². The standard InChI is InChI=1S/C15H22N2O2/c1-11-7-8-14(9-15(11)17(18)19)12(2)16-10-13-5-3-4-6-13/h7-9,12-13,16H,3-6,10H2,1-2H3. The molecule has 0 spiro atoms. The molecular formula is C15H22N2O2. The van der Waals surface area contributed by atoms with E-state index >= 15 is 0 Å². The summed E-state index contributed by atoms with van der Waals surface area (Å²) < 4.78 is 0.